The molecule has 3 nitrogen and oxygen atoms in total. The summed E-state index contributed by atoms with van der Waals surface area (Å²) in [5.41, 5.74) is 1.87. The summed E-state index contributed by atoms with van der Waals surface area (Å²) in [5.74, 6) is 1.41. The van der Waals surface area contributed by atoms with Crippen molar-refractivity contribution >= 4 is 28.5 Å². The first-order valence-electron chi connectivity index (χ1n) is 5.62. The molecule has 1 N–H and O–H groups in total. The molecule has 0 spiro atoms. The third-order valence-corrected chi connectivity index (χ3v) is 3.28. The molecule has 0 saturated heterocycles. The van der Waals surface area contributed by atoms with Gasteiger partial charge in [-0.25, -0.2) is 4.98 Å². The summed E-state index contributed by atoms with van der Waals surface area (Å²) in [4.78, 5) is 8.85. The summed E-state index contributed by atoms with van der Waals surface area (Å²) in [7, 11) is 0. The zero-order valence-corrected chi connectivity index (χ0v) is 10.8. The summed E-state index contributed by atoms with van der Waals surface area (Å²) < 4.78 is 0. The summed E-state index contributed by atoms with van der Waals surface area (Å²) >= 11 is 5.88. The van der Waals surface area contributed by atoms with Crippen LogP contribution in [0.2, 0.25) is 0 Å². The number of alkyl halides is 1. The summed E-state index contributed by atoms with van der Waals surface area (Å²) in [6.07, 6.45) is 1.76. The Morgan fingerprint density at radius 3 is 2.65 bits per heavy atom. The molecule has 1 aromatic carbocycles. The van der Waals surface area contributed by atoms with E-state index in [1.165, 1.54) is 0 Å². The Labute approximate surface area is 106 Å². The van der Waals surface area contributed by atoms with Crippen LogP contribution in [0.15, 0.2) is 30.5 Å². The molecule has 0 aliphatic rings. The largest absolute Gasteiger partial charge is 0.368 e. The minimum absolute atomic E-state index is 0.0505. The molecule has 0 bridgehead atoms. The van der Waals surface area contributed by atoms with E-state index in [1.807, 2.05) is 24.3 Å². The Morgan fingerprint density at radius 1 is 1.24 bits per heavy atom. The van der Waals surface area contributed by atoms with Gasteiger partial charge in [-0.15, -0.1) is 11.6 Å². The molecule has 0 saturated carbocycles. The molecule has 4 heteroatoms. The van der Waals surface area contributed by atoms with Crippen LogP contribution < -0.4 is 5.32 Å². The van der Waals surface area contributed by atoms with Crippen molar-refractivity contribution in [3.63, 3.8) is 0 Å². The molecule has 0 amide bonds. The number of hydrogen-bond donors (Lipinski definition) is 1. The van der Waals surface area contributed by atoms with Gasteiger partial charge in [0.2, 0.25) is 0 Å². The molecular formula is C13H16ClN3. The highest BCUT2D eigenvalue weighted by Crippen LogP contribution is 2.18. The molecule has 1 heterocycles. The van der Waals surface area contributed by atoms with Crippen molar-refractivity contribution in [1.29, 1.82) is 0 Å². The summed E-state index contributed by atoms with van der Waals surface area (Å²) in [5, 5.41) is 3.27. The minimum Gasteiger partial charge on any atom is -0.368 e. The van der Waals surface area contributed by atoms with Crippen molar-refractivity contribution in [3.05, 3.63) is 30.5 Å². The lowest BCUT2D eigenvalue weighted by molar-refractivity contribution is 0.449. The normalized spacial score (nSPS) is 11.7. The van der Waals surface area contributed by atoms with Crippen LogP contribution in [0.25, 0.3) is 11.0 Å². The van der Waals surface area contributed by atoms with E-state index < -0.39 is 0 Å². The van der Waals surface area contributed by atoms with Crippen LogP contribution in [0.3, 0.4) is 0 Å². The van der Waals surface area contributed by atoms with Gasteiger partial charge in [-0.2, -0.15) is 0 Å². The molecule has 0 unspecified atom stereocenters. The molecule has 0 atom stereocenters. The number of hydrogen-bond acceptors (Lipinski definition) is 3. The highest BCUT2D eigenvalue weighted by Gasteiger charge is 2.16. The summed E-state index contributed by atoms with van der Waals surface area (Å²) in [6.45, 7) is 5.01. The molecule has 17 heavy (non-hydrogen) atoms. The predicted octanol–water partition coefficient (Wildman–Crippen LogP) is 3.31. The van der Waals surface area contributed by atoms with E-state index >= 15 is 0 Å². The van der Waals surface area contributed by atoms with Crippen LogP contribution in [0.5, 0.6) is 0 Å². The number of para-hydroxylation sites is 2. The van der Waals surface area contributed by atoms with Crippen molar-refractivity contribution in [3.8, 4) is 0 Å². The number of anilines is 1. The maximum Gasteiger partial charge on any atom is 0.145 e. The van der Waals surface area contributed by atoms with Gasteiger partial charge in [-0.3, -0.25) is 4.98 Å². The van der Waals surface area contributed by atoms with Crippen molar-refractivity contribution < 1.29 is 0 Å². The third kappa shape index (κ3) is 3.07. The van der Waals surface area contributed by atoms with Crippen molar-refractivity contribution in [2.45, 2.75) is 13.8 Å². The zero-order chi connectivity index (χ0) is 12.3. The Balaban J connectivity index is 2.14. The van der Waals surface area contributed by atoms with Gasteiger partial charge in [0.25, 0.3) is 0 Å². The molecule has 90 valence electrons. The fourth-order valence-electron chi connectivity index (χ4n) is 1.42. The molecule has 2 aromatic rings. The first kappa shape index (κ1) is 12.1. The summed E-state index contributed by atoms with van der Waals surface area (Å²) in [6, 6.07) is 7.83. The number of rotatable bonds is 4. The average Bonchev–Trinajstić information content (AvgIpc) is 2.36. The lowest BCUT2D eigenvalue weighted by atomic mass is 9.97. The standard InChI is InChI=1S/C13H16ClN3/c1-13(2,8-14)9-16-12-7-15-10-5-3-4-6-11(10)17-12/h3-7H,8-9H2,1-2H3,(H,16,17). The van der Waals surface area contributed by atoms with Gasteiger partial charge in [-0.1, -0.05) is 26.0 Å². The molecule has 0 aliphatic carbocycles. The number of nitrogens with zero attached hydrogens (tertiary/aromatic N) is 2. The first-order valence-corrected chi connectivity index (χ1v) is 6.16. The Morgan fingerprint density at radius 2 is 1.94 bits per heavy atom. The van der Waals surface area contributed by atoms with Gasteiger partial charge in [0.1, 0.15) is 5.82 Å². The second-order valence-electron chi connectivity index (χ2n) is 4.90. The van der Waals surface area contributed by atoms with Gasteiger partial charge < -0.3 is 5.32 Å². The lowest BCUT2D eigenvalue weighted by Gasteiger charge is -2.21. The topological polar surface area (TPSA) is 37.8 Å². The quantitative estimate of drug-likeness (QED) is 0.845. The van der Waals surface area contributed by atoms with Gasteiger partial charge in [0.15, 0.2) is 0 Å². The van der Waals surface area contributed by atoms with Crippen LogP contribution in [-0.2, 0) is 0 Å². The fraction of sp³-hybridized carbons (Fsp3) is 0.385. The SMILES string of the molecule is CC(C)(CCl)CNc1cnc2ccccc2n1. The van der Waals surface area contributed by atoms with Gasteiger partial charge >= 0.3 is 0 Å². The van der Waals surface area contributed by atoms with Crippen LogP contribution in [-0.4, -0.2) is 22.4 Å². The molecule has 1 aromatic heterocycles. The number of halogens is 1. The fourth-order valence-corrected chi connectivity index (χ4v) is 1.51. The predicted molar refractivity (Wildman–Crippen MR) is 72.5 cm³/mol. The highest BCUT2D eigenvalue weighted by atomic mass is 35.5. The zero-order valence-electron chi connectivity index (χ0n) is 10.1. The molecule has 2 rings (SSSR count). The highest BCUT2D eigenvalue weighted by molar-refractivity contribution is 6.18. The second-order valence-corrected chi connectivity index (χ2v) is 5.16. The smallest absolute Gasteiger partial charge is 0.145 e. The molecular weight excluding hydrogens is 234 g/mol. The molecule has 0 radical (unpaired) electrons. The van der Waals surface area contributed by atoms with Crippen LogP contribution in [0, 0.1) is 5.41 Å². The number of fused-ring (bicyclic) bond motifs is 1. The average molecular weight is 250 g/mol. The van der Waals surface area contributed by atoms with E-state index in [-0.39, 0.29) is 5.41 Å². The van der Waals surface area contributed by atoms with Crippen LogP contribution in [0.4, 0.5) is 5.82 Å². The number of benzene rings is 1. The second kappa shape index (κ2) is 4.88. The lowest BCUT2D eigenvalue weighted by Crippen LogP contribution is -2.25. The monoisotopic (exact) mass is 249 g/mol. The van der Waals surface area contributed by atoms with E-state index in [0.717, 1.165) is 23.4 Å². The van der Waals surface area contributed by atoms with Crippen LogP contribution in [0.1, 0.15) is 13.8 Å². The Bertz CT molecular complexity index is 511. The molecule has 0 fully saturated rings. The number of aromatic nitrogens is 2. The van der Waals surface area contributed by atoms with Crippen molar-refractivity contribution in [1.82, 2.24) is 9.97 Å². The third-order valence-electron chi connectivity index (χ3n) is 2.56. The van der Waals surface area contributed by atoms with Crippen molar-refractivity contribution in [2.24, 2.45) is 5.41 Å². The van der Waals surface area contributed by atoms with Gasteiger partial charge in [0.05, 0.1) is 17.2 Å². The van der Waals surface area contributed by atoms with E-state index in [1.54, 1.807) is 6.20 Å². The van der Waals surface area contributed by atoms with Gasteiger partial charge in [0, 0.05) is 12.4 Å². The van der Waals surface area contributed by atoms with E-state index in [0.29, 0.717) is 5.88 Å². The van der Waals surface area contributed by atoms with Crippen LogP contribution >= 0.6 is 11.6 Å². The van der Waals surface area contributed by atoms with E-state index in [2.05, 4.69) is 29.1 Å². The van der Waals surface area contributed by atoms with E-state index in [9.17, 15) is 0 Å². The first-order chi connectivity index (χ1) is 8.11. The van der Waals surface area contributed by atoms with Gasteiger partial charge in [-0.05, 0) is 17.5 Å². The number of nitrogens with one attached hydrogen (secondary N) is 1. The van der Waals surface area contributed by atoms with E-state index in [4.69, 9.17) is 11.6 Å². The van der Waals surface area contributed by atoms with Crippen molar-refractivity contribution in [2.75, 3.05) is 17.7 Å². The Hall–Kier alpha value is -1.35. The molecule has 0 aliphatic heterocycles. The minimum atomic E-state index is 0.0505. The maximum absolute atomic E-state index is 5.88. The Kier molecular flexibility index (Phi) is 3.48. The maximum atomic E-state index is 5.88.